The second-order valence-electron chi connectivity index (χ2n) is 4.93. The van der Waals surface area contributed by atoms with Crippen molar-refractivity contribution >= 4 is 28.3 Å². The predicted molar refractivity (Wildman–Crippen MR) is 84.4 cm³/mol. The summed E-state index contributed by atoms with van der Waals surface area (Å²) in [4.78, 5) is 4.58. The van der Waals surface area contributed by atoms with Gasteiger partial charge in [-0.15, -0.1) is 0 Å². The van der Waals surface area contributed by atoms with E-state index in [9.17, 15) is 4.39 Å². The number of anilines is 1. The SMILES string of the molecule is CCCc1nc2cc(N)ccc2n1-c1c(F)cccc1Cl. The summed E-state index contributed by atoms with van der Waals surface area (Å²) in [6.45, 7) is 2.06. The zero-order valence-electron chi connectivity index (χ0n) is 11.6. The molecule has 0 saturated heterocycles. The maximum Gasteiger partial charge on any atom is 0.148 e. The molecule has 3 nitrogen and oxygen atoms in total. The summed E-state index contributed by atoms with van der Waals surface area (Å²) in [5.41, 5.74) is 8.34. The van der Waals surface area contributed by atoms with Gasteiger partial charge in [-0.3, -0.25) is 4.57 Å². The van der Waals surface area contributed by atoms with Crippen molar-refractivity contribution < 1.29 is 4.39 Å². The Morgan fingerprint density at radius 2 is 2.10 bits per heavy atom. The first-order valence-electron chi connectivity index (χ1n) is 6.83. The van der Waals surface area contributed by atoms with E-state index in [2.05, 4.69) is 11.9 Å². The molecule has 0 amide bonds. The lowest BCUT2D eigenvalue weighted by Gasteiger charge is -2.11. The molecule has 108 valence electrons. The average Bonchev–Trinajstić information content (AvgIpc) is 2.77. The maximum absolute atomic E-state index is 14.3. The monoisotopic (exact) mass is 303 g/mol. The van der Waals surface area contributed by atoms with Crippen LogP contribution >= 0.6 is 11.6 Å². The molecule has 21 heavy (non-hydrogen) atoms. The topological polar surface area (TPSA) is 43.8 Å². The van der Waals surface area contributed by atoms with E-state index >= 15 is 0 Å². The van der Waals surface area contributed by atoms with Gasteiger partial charge in [0.25, 0.3) is 0 Å². The molecule has 0 aliphatic heterocycles. The van der Waals surface area contributed by atoms with Crippen LogP contribution in [0.5, 0.6) is 0 Å². The van der Waals surface area contributed by atoms with Crippen LogP contribution in [0.1, 0.15) is 19.2 Å². The number of fused-ring (bicyclic) bond motifs is 1. The quantitative estimate of drug-likeness (QED) is 0.731. The number of hydrogen-bond donors (Lipinski definition) is 1. The number of nitrogens with two attached hydrogens (primary N) is 1. The molecule has 5 heteroatoms. The normalized spacial score (nSPS) is 11.2. The van der Waals surface area contributed by atoms with Gasteiger partial charge in [-0.25, -0.2) is 9.37 Å². The summed E-state index contributed by atoms with van der Waals surface area (Å²) in [6, 6.07) is 10.1. The van der Waals surface area contributed by atoms with Gasteiger partial charge in [0.1, 0.15) is 17.3 Å². The largest absolute Gasteiger partial charge is 0.399 e. The Bertz CT molecular complexity index is 790. The zero-order valence-corrected chi connectivity index (χ0v) is 12.4. The van der Waals surface area contributed by atoms with Crippen LogP contribution in [0.2, 0.25) is 5.02 Å². The minimum atomic E-state index is -0.365. The van der Waals surface area contributed by atoms with Gasteiger partial charge in [0.15, 0.2) is 0 Å². The van der Waals surface area contributed by atoms with E-state index < -0.39 is 0 Å². The van der Waals surface area contributed by atoms with Gasteiger partial charge in [-0.1, -0.05) is 24.6 Å². The number of aromatic nitrogens is 2. The molecule has 0 atom stereocenters. The van der Waals surface area contributed by atoms with Gasteiger partial charge >= 0.3 is 0 Å². The third-order valence-corrected chi connectivity index (χ3v) is 3.69. The third-order valence-electron chi connectivity index (χ3n) is 3.38. The van der Waals surface area contributed by atoms with Gasteiger partial charge in [-0.2, -0.15) is 0 Å². The predicted octanol–water partition coefficient (Wildman–Crippen LogP) is 4.35. The van der Waals surface area contributed by atoms with Crippen LogP contribution in [0.3, 0.4) is 0 Å². The Balaban J connectivity index is 2.36. The van der Waals surface area contributed by atoms with E-state index in [1.807, 2.05) is 6.07 Å². The fourth-order valence-corrected chi connectivity index (χ4v) is 2.74. The summed E-state index contributed by atoms with van der Waals surface area (Å²) in [7, 11) is 0. The first-order valence-corrected chi connectivity index (χ1v) is 7.21. The Morgan fingerprint density at radius 1 is 1.29 bits per heavy atom. The number of rotatable bonds is 3. The molecule has 0 aliphatic carbocycles. The van der Waals surface area contributed by atoms with Crippen LogP contribution in [-0.2, 0) is 6.42 Å². The summed E-state index contributed by atoms with van der Waals surface area (Å²) >= 11 is 6.21. The number of benzene rings is 2. The van der Waals surface area contributed by atoms with E-state index in [1.54, 1.807) is 28.8 Å². The lowest BCUT2D eigenvalue weighted by Crippen LogP contribution is -2.04. The van der Waals surface area contributed by atoms with Crippen LogP contribution in [0.25, 0.3) is 16.7 Å². The Kier molecular flexibility index (Phi) is 3.55. The minimum absolute atomic E-state index is 0.342. The van der Waals surface area contributed by atoms with Gasteiger partial charge in [0, 0.05) is 12.1 Å². The van der Waals surface area contributed by atoms with Gasteiger partial charge in [0.2, 0.25) is 0 Å². The van der Waals surface area contributed by atoms with Crippen molar-refractivity contribution in [1.82, 2.24) is 9.55 Å². The zero-order chi connectivity index (χ0) is 15.0. The second kappa shape index (κ2) is 5.37. The van der Waals surface area contributed by atoms with E-state index in [4.69, 9.17) is 17.3 Å². The van der Waals surface area contributed by atoms with Gasteiger partial charge in [-0.05, 0) is 36.8 Å². The molecule has 1 aromatic heterocycles. The number of para-hydroxylation sites is 1. The van der Waals surface area contributed by atoms with E-state index in [-0.39, 0.29) is 5.82 Å². The molecule has 0 bridgehead atoms. The average molecular weight is 304 g/mol. The number of imidazole rings is 1. The Hall–Kier alpha value is -2.07. The minimum Gasteiger partial charge on any atom is -0.399 e. The number of nitrogens with zero attached hydrogens (tertiary/aromatic N) is 2. The molecule has 0 saturated carbocycles. The molecular formula is C16H15ClFN3. The number of hydrogen-bond acceptors (Lipinski definition) is 2. The van der Waals surface area contributed by atoms with Crippen molar-refractivity contribution in [3.05, 3.63) is 53.1 Å². The first kappa shape index (κ1) is 13.9. The van der Waals surface area contributed by atoms with Gasteiger partial charge < -0.3 is 5.73 Å². The molecule has 3 aromatic rings. The lowest BCUT2D eigenvalue weighted by molar-refractivity contribution is 0.616. The van der Waals surface area contributed by atoms with Crippen LogP contribution in [0.4, 0.5) is 10.1 Å². The summed E-state index contributed by atoms with van der Waals surface area (Å²) in [6.07, 6.45) is 1.64. The second-order valence-corrected chi connectivity index (χ2v) is 5.34. The lowest BCUT2D eigenvalue weighted by atomic mass is 10.2. The molecule has 0 spiro atoms. The molecule has 3 rings (SSSR count). The van der Waals surface area contributed by atoms with Crippen LogP contribution in [-0.4, -0.2) is 9.55 Å². The standard InChI is InChI=1S/C16H15ClFN3/c1-2-4-15-20-13-9-10(19)7-8-14(13)21(15)16-11(17)5-3-6-12(16)18/h3,5-9H,2,4,19H2,1H3. The van der Waals surface area contributed by atoms with Crippen molar-refractivity contribution in [2.45, 2.75) is 19.8 Å². The highest BCUT2D eigenvalue weighted by atomic mass is 35.5. The molecule has 0 aliphatic rings. The highest BCUT2D eigenvalue weighted by Crippen LogP contribution is 2.30. The highest BCUT2D eigenvalue weighted by Gasteiger charge is 2.17. The number of aryl methyl sites for hydroxylation is 1. The van der Waals surface area contributed by atoms with Crippen molar-refractivity contribution in [3.63, 3.8) is 0 Å². The van der Waals surface area contributed by atoms with E-state index in [1.165, 1.54) is 6.07 Å². The van der Waals surface area contributed by atoms with Crippen molar-refractivity contribution in [3.8, 4) is 5.69 Å². The highest BCUT2D eigenvalue weighted by molar-refractivity contribution is 6.32. The molecule has 2 aromatic carbocycles. The smallest absolute Gasteiger partial charge is 0.148 e. The molecule has 0 fully saturated rings. The molecule has 2 N–H and O–H groups in total. The fraction of sp³-hybridized carbons (Fsp3) is 0.188. The van der Waals surface area contributed by atoms with Crippen LogP contribution in [0.15, 0.2) is 36.4 Å². The fourth-order valence-electron chi connectivity index (χ4n) is 2.49. The Morgan fingerprint density at radius 3 is 2.81 bits per heavy atom. The maximum atomic E-state index is 14.3. The molecular weight excluding hydrogens is 289 g/mol. The van der Waals surface area contributed by atoms with Crippen LogP contribution in [0, 0.1) is 5.82 Å². The number of nitrogen functional groups attached to an aromatic ring is 1. The first-order chi connectivity index (χ1) is 10.1. The van der Waals surface area contributed by atoms with Gasteiger partial charge in [0.05, 0.1) is 16.1 Å². The van der Waals surface area contributed by atoms with Crippen molar-refractivity contribution in [1.29, 1.82) is 0 Å². The van der Waals surface area contributed by atoms with E-state index in [0.717, 1.165) is 29.7 Å². The van der Waals surface area contributed by atoms with Crippen LogP contribution < -0.4 is 5.73 Å². The Labute approximate surface area is 127 Å². The molecule has 0 unspecified atom stereocenters. The number of halogens is 2. The summed E-state index contributed by atoms with van der Waals surface area (Å²) < 4.78 is 16.1. The van der Waals surface area contributed by atoms with Crippen molar-refractivity contribution in [2.75, 3.05) is 5.73 Å². The van der Waals surface area contributed by atoms with Crippen molar-refractivity contribution in [2.24, 2.45) is 0 Å². The van der Waals surface area contributed by atoms with E-state index in [0.29, 0.717) is 16.4 Å². The molecule has 1 heterocycles. The third kappa shape index (κ3) is 2.36. The summed E-state index contributed by atoms with van der Waals surface area (Å²) in [5, 5.41) is 0.364. The summed E-state index contributed by atoms with van der Waals surface area (Å²) in [5.74, 6) is 0.418. The molecule has 0 radical (unpaired) electrons.